The van der Waals surface area contributed by atoms with Gasteiger partial charge in [-0.25, -0.2) is 4.79 Å². The van der Waals surface area contributed by atoms with Crippen molar-refractivity contribution in [2.75, 3.05) is 20.3 Å². The monoisotopic (exact) mass is 289 g/mol. The van der Waals surface area contributed by atoms with Crippen LogP contribution in [0.4, 0.5) is 0 Å². The van der Waals surface area contributed by atoms with E-state index in [2.05, 4.69) is 0 Å². The zero-order valence-corrected chi connectivity index (χ0v) is 12.3. The molecule has 0 saturated carbocycles. The highest BCUT2D eigenvalue weighted by atomic mass is 16.7. The van der Waals surface area contributed by atoms with Gasteiger partial charge in [-0.05, 0) is 20.3 Å². The van der Waals surface area contributed by atoms with E-state index in [0.29, 0.717) is 12.7 Å². The van der Waals surface area contributed by atoms with E-state index in [1.165, 1.54) is 7.05 Å². The van der Waals surface area contributed by atoms with Gasteiger partial charge in [-0.15, -0.1) is 0 Å². The van der Waals surface area contributed by atoms with Crippen LogP contribution in [0.3, 0.4) is 0 Å². The first-order valence-corrected chi connectivity index (χ1v) is 6.48. The number of ether oxygens (including phenoxy) is 1. The van der Waals surface area contributed by atoms with Gasteiger partial charge in [0.1, 0.15) is 6.29 Å². The second-order valence-corrected chi connectivity index (χ2v) is 4.89. The predicted octanol–water partition coefficient (Wildman–Crippen LogP) is 0.450. The van der Waals surface area contributed by atoms with E-state index in [1.54, 1.807) is 0 Å². The first-order valence-electron chi connectivity index (χ1n) is 6.48. The Morgan fingerprint density at radius 1 is 1.30 bits per heavy atom. The van der Waals surface area contributed by atoms with Crippen molar-refractivity contribution in [3.05, 3.63) is 0 Å². The zero-order chi connectivity index (χ0) is 15.6. The summed E-state index contributed by atoms with van der Waals surface area (Å²) >= 11 is 0. The minimum Gasteiger partial charge on any atom is -0.396 e. The average Bonchev–Trinajstić information content (AvgIpc) is 2.35. The number of hydrogen-bond donors (Lipinski definition) is 1. The SMILES string of the molecule is CN(OC(=O)CCOC(C)(C)CCO)C(=O)CCC=O. The molecule has 20 heavy (non-hydrogen) atoms. The summed E-state index contributed by atoms with van der Waals surface area (Å²) in [5, 5.41) is 9.64. The number of nitrogens with zero attached hydrogens (tertiary/aromatic N) is 1. The Hall–Kier alpha value is -1.47. The molecule has 0 aromatic rings. The van der Waals surface area contributed by atoms with Crippen molar-refractivity contribution < 1.29 is 29.1 Å². The fourth-order valence-electron chi connectivity index (χ4n) is 1.34. The minimum atomic E-state index is -0.591. The van der Waals surface area contributed by atoms with Crippen molar-refractivity contribution >= 4 is 18.2 Å². The second-order valence-electron chi connectivity index (χ2n) is 4.89. The van der Waals surface area contributed by atoms with E-state index in [0.717, 1.165) is 5.06 Å². The Morgan fingerprint density at radius 2 is 1.95 bits per heavy atom. The lowest BCUT2D eigenvalue weighted by atomic mass is 10.1. The van der Waals surface area contributed by atoms with Gasteiger partial charge >= 0.3 is 5.97 Å². The normalized spacial score (nSPS) is 11.0. The van der Waals surface area contributed by atoms with Crippen LogP contribution in [-0.4, -0.2) is 54.2 Å². The van der Waals surface area contributed by atoms with Crippen molar-refractivity contribution in [3.8, 4) is 0 Å². The maximum absolute atomic E-state index is 11.5. The number of amides is 1. The molecule has 0 rings (SSSR count). The highest BCUT2D eigenvalue weighted by molar-refractivity contribution is 5.79. The number of carbonyl (C=O) groups is 3. The lowest BCUT2D eigenvalue weighted by molar-refractivity contribution is -0.194. The minimum absolute atomic E-state index is 0.000158. The molecule has 0 radical (unpaired) electrons. The fraction of sp³-hybridized carbons (Fsp3) is 0.769. The highest BCUT2D eigenvalue weighted by Gasteiger charge is 2.19. The summed E-state index contributed by atoms with van der Waals surface area (Å²) in [6.45, 7) is 3.76. The van der Waals surface area contributed by atoms with Gasteiger partial charge in [-0.1, -0.05) is 0 Å². The fourth-order valence-corrected chi connectivity index (χ4v) is 1.34. The highest BCUT2D eigenvalue weighted by Crippen LogP contribution is 2.14. The molecule has 0 spiro atoms. The molecule has 0 heterocycles. The van der Waals surface area contributed by atoms with Gasteiger partial charge in [0, 0.05) is 26.5 Å². The van der Waals surface area contributed by atoms with Gasteiger partial charge in [0.25, 0.3) is 5.91 Å². The summed E-state index contributed by atoms with van der Waals surface area (Å²) < 4.78 is 5.44. The molecule has 7 nitrogen and oxygen atoms in total. The smallest absolute Gasteiger partial charge is 0.334 e. The molecule has 0 aliphatic rings. The Morgan fingerprint density at radius 3 is 2.50 bits per heavy atom. The van der Waals surface area contributed by atoms with Crippen molar-refractivity contribution in [3.63, 3.8) is 0 Å². The summed E-state index contributed by atoms with van der Waals surface area (Å²) in [4.78, 5) is 37.8. The van der Waals surface area contributed by atoms with Gasteiger partial charge in [-0.3, -0.25) is 4.79 Å². The molecule has 1 amide bonds. The summed E-state index contributed by atoms with van der Waals surface area (Å²) in [6.07, 6.45) is 1.20. The Kier molecular flexibility index (Phi) is 8.74. The van der Waals surface area contributed by atoms with Gasteiger partial charge in [0.05, 0.1) is 18.6 Å². The summed E-state index contributed by atoms with van der Waals surface area (Å²) in [7, 11) is 1.32. The first-order chi connectivity index (χ1) is 9.32. The van der Waals surface area contributed by atoms with E-state index >= 15 is 0 Å². The van der Waals surface area contributed by atoms with E-state index in [-0.39, 0.29) is 32.5 Å². The van der Waals surface area contributed by atoms with Crippen LogP contribution in [0.5, 0.6) is 0 Å². The van der Waals surface area contributed by atoms with Gasteiger partial charge < -0.3 is 19.5 Å². The van der Waals surface area contributed by atoms with E-state index in [9.17, 15) is 14.4 Å². The molecule has 0 unspecified atom stereocenters. The molecule has 0 fully saturated rings. The molecule has 0 aromatic carbocycles. The van der Waals surface area contributed by atoms with Gasteiger partial charge in [0.15, 0.2) is 0 Å². The number of hydrogen-bond acceptors (Lipinski definition) is 6. The van der Waals surface area contributed by atoms with E-state index in [1.807, 2.05) is 13.8 Å². The predicted molar refractivity (Wildman–Crippen MR) is 70.5 cm³/mol. The third kappa shape index (κ3) is 8.60. The van der Waals surface area contributed by atoms with E-state index < -0.39 is 17.5 Å². The van der Waals surface area contributed by atoms with Crippen LogP contribution in [0.1, 0.15) is 39.5 Å². The van der Waals surface area contributed by atoms with Crippen LogP contribution in [0.15, 0.2) is 0 Å². The molecule has 116 valence electrons. The number of aldehydes is 1. The quantitative estimate of drug-likeness (QED) is 0.489. The van der Waals surface area contributed by atoms with Crippen molar-refractivity contribution in [2.24, 2.45) is 0 Å². The van der Waals surface area contributed by atoms with Crippen LogP contribution in [0, 0.1) is 0 Å². The third-order valence-corrected chi connectivity index (χ3v) is 2.58. The molecule has 0 aliphatic heterocycles. The van der Waals surface area contributed by atoms with Crippen LogP contribution < -0.4 is 0 Å². The van der Waals surface area contributed by atoms with Crippen molar-refractivity contribution in [1.82, 2.24) is 5.06 Å². The van der Waals surface area contributed by atoms with Gasteiger partial charge in [-0.2, -0.15) is 5.06 Å². The van der Waals surface area contributed by atoms with Crippen LogP contribution in [-0.2, 0) is 24.0 Å². The summed E-state index contributed by atoms with van der Waals surface area (Å²) in [6, 6.07) is 0. The Labute approximate surface area is 118 Å². The number of aliphatic hydroxyl groups is 1. The van der Waals surface area contributed by atoms with Crippen LogP contribution >= 0.6 is 0 Å². The average molecular weight is 289 g/mol. The maximum atomic E-state index is 11.5. The molecule has 0 atom stereocenters. The molecule has 0 aromatic heterocycles. The Bertz CT molecular complexity index is 329. The third-order valence-electron chi connectivity index (χ3n) is 2.58. The first kappa shape index (κ1) is 18.5. The number of rotatable bonds is 9. The van der Waals surface area contributed by atoms with Gasteiger partial charge in [0.2, 0.25) is 0 Å². The molecular weight excluding hydrogens is 266 g/mol. The largest absolute Gasteiger partial charge is 0.396 e. The summed E-state index contributed by atoms with van der Waals surface area (Å²) in [5.74, 6) is -1.03. The second kappa shape index (κ2) is 9.44. The number of hydroxylamine groups is 2. The summed E-state index contributed by atoms with van der Waals surface area (Å²) in [5.41, 5.74) is -0.513. The molecule has 7 heteroatoms. The van der Waals surface area contributed by atoms with Crippen molar-refractivity contribution in [2.45, 2.75) is 45.1 Å². The molecular formula is C13H23NO6. The number of aliphatic hydroxyl groups excluding tert-OH is 1. The molecule has 1 N–H and O–H groups in total. The van der Waals surface area contributed by atoms with Crippen LogP contribution in [0.2, 0.25) is 0 Å². The molecule has 0 bridgehead atoms. The lowest BCUT2D eigenvalue weighted by Crippen LogP contribution is -2.31. The molecule has 0 aliphatic carbocycles. The standard InChI is InChI=1S/C13H23NO6/c1-13(2,7-9-16)19-10-6-12(18)20-14(3)11(17)5-4-8-15/h8,16H,4-7,9-10H2,1-3H3. The lowest BCUT2D eigenvalue weighted by Gasteiger charge is -2.24. The van der Waals surface area contributed by atoms with E-state index in [4.69, 9.17) is 14.7 Å². The zero-order valence-electron chi connectivity index (χ0n) is 12.3. The van der Waals surface area contributed by atoms with Crippen molar-refractivity contribution in [1.29, 1.82) is 0 Å². The topological polar surface area (TPSA) is 93.1 Å². The number of carbonyl (C=O) groups excluding carboxylic acids is 3. The Balaban J connectivity index is 3.93. The molecule has 0 saturated heterocycles. The maximum Gasteiger partial charge on any atom is 0.334 e. The van der Waals surface area contributed by atoms with Crippen LogP contribution in [0.25, 0.3) is 0 Å².